The summed E-state index contributed by atoms with van der Waals surface area (Å²) in [7, 11) is 0. The topological polar surface area (TPSA) is 49.3 Å². The van der Waals surface area contributed by atoms with Crippen LogP contribution in [-0.4, -0.2) is 17.6 Å². The van der Waals surface area contributed by atoms with Crippen LogP contribution in [0.15, 0.2) is 18.2 Å². The van der Waals surface area contributed by atoms with Crippen LogP contribution in [0.4, 0.5) is 5.69 Å². The van der Waals surface area contributed by atoms with Crippen LogP contribution in [0, 0.1) is 12.8 Å². The second-order valence-corrected chi connectivity index (χ2v) is 5.57. The van der Waals surface area contributed by atoms with E-state index in [1.807, 2.05) is 13.0 Å². The van der Waals surface area contributed by atoms with Crippen LogP contribution in [0.3, 0.4) is 0 Å². The number of aryl methyl sites for hydroxylation is 1. The smallest absolute Gasteiger partial charge is 0.335 e. The molecule has 1 saturated carbocycles. The monoisotopic (exact) mass is 261 g/mol. The van der Waals surface area contributed by atoms with Crippen LogP contribution in [0.1, 0.15) is 54.4 Å². The van der Waals surface area contributed by atoms with Gasteiger partial charge in [0.15, 0.2) is 0 Å². The van der Waals surface area contributed by atoms with Crippen LogP contribution < -0.4 is 5.32 Å². The van der Waals surface area contributed by atoms with Crippen molar-refractivity contribution in [2.24, 2.45) is 5.92 Å². The number of nitrogens with one attached hydrogen (secondary N) is 1. The number of anilines is 1. The lowest BCUT2D eigenvalue weighted by atomic mass is 10.00. The highest BCUT2D eigenvalue weighted by molar-refractivity contribution is 5.89. The lowest BCUT2D eigenvalue weighted by Crippen LogP contribution is -2.14. The lowest BCUT2D eigenvalue weighted by Gasteiger charge is -2.17. The van der Waals surface area contributed by atoms with E-state index in [1.54, 1.807) is 12.1 Å². The SMILES string of the molecule is Cc1ccc(C(=O)O)cc1NCC1CCCCCC1. The maximum absolute atomic E-state index is 11.0. The molecular formula is C16H23NO2. The zero-order valence-electron chi connectivity index (χ0n) is 11.6. The predicted octanol–water partition coefficient (Wildman–Crippen LogP) is 4.08. The maximum atomic E-state index is 11.0. The quantitative estimate of drug-likeness (QED) is 0.803. The minimum atomic E-state index is -0.863. The number of hydrogen-bond acceptors (Lipinski definition) is 2. The van der Waals surface area contributed by atoms with E-state index in [4.69, 9.17) is 5.11 Å². The number of benzene rings is 1. The molecule has 3 nitrogen and oxygen atoms in total. The fourth-order valence-electron chi connectivity index (χ4n) is 2.77. The Balaban J connectivity index is 1.97. The van der Waals surface area contributed by atoms with Gasteiger partial charge in [0.25, 0.3) is 0 Å². The molecule has 2 rings (SSSR count). The van der Waals surface area contributed by atoms with Crippen molar-refractivity contribution in [3.63, 3.8) is 0 Å². The number of carbonyl (C=O) groups is 1. The zero-order chi connectivity index (χ0) is 13.7. The molecule has 0 unspecified atom stereocenters. The number of aromatic carboxylic acids is 1. The summed E-state index contributed by atoms with van der Waals surface area (Å²) in [6.07, 6.45) is 7.99. The van der Waals surface area contributed by atoms with Crippen molar-refractivity contribution >= 4 is 11.7 Å². The molecule has 0 amide bonds. The van der Waals surface area contributed by atoms with Crippen LogP contribution in [0.2, 0.25) is 0 Å². The summed E-state index contributed by atoms with van der Waals surface area (Å²) in [5.41, 5.74) is 2.43. The molecule has 0 spiro atoms. The summed E-state index contributed by atoms with van der Waals surface area (Å²) in [4.78, 5) is 11.0. The largest absolute Gasteiger partial charge is 0.478 e. The second-order valence-electron chi connectivity index (χ2n) is 5.57. The summed E-state index contributed by atoms with van der Waals surface area (Å²) >= 11 is 0. The Labute approximate surface area is 115 Å². The molecule has 2 N–H and O–H groups in total. The molecular weight excluding hydrogens is 238 g/mol. The van der Waals surface area contributed by atoms with Gasteiger partial charge in [0.05, 0.1) is 5.56 Å². The number of carboxylic acid groups (broad SMARTS) is 1. The average Bonchev–Trinajstić information content (AvgIpc) is 2.66. The highest BCUT2D eigenvalue weighted by Crippen LogP contribution is 2.24. The van der Waals surface area contributed by atoms with Crippen LogP contribution >= 0.6 is 0 Å². The van der Waals surface area contributed by atoms with Gasteiger partial charge in [-0.25, -0.2) is 4.79 Å². The molecule has 0 bridgehead atoms. The van der Waals surface area contributed by atoms with E-state index in [2.05, 4.69) is 5.32 Å². The number of carboxylic acids is 1. The highest BCUT2D eigenvalue weighted by Gasteiger charge is 2.13. The second kappa shape index (κ2) is 6.60. The first-order valence-corrected chi connectivity index (χ1v) is 7.24. The summed E-state index contributed by atoms with van der Waals surface area (Å²) in [6, 6.07) is 5.28. The fraction of sp³-hybridized carbons (Fsp3) is 0.562. The van der Waals surface area contributed by atoms with E-state index in [1.165, 1.54) is 38.5 Å². The summed E-state index contributed by atoms with van der Waals surface area (Å²) in [6.45, 7) is 2.98. The number of hydrogen-bond donors (Lipinski definition) is 2. The average molecular weight is 261 g/mol. The van der Waals surface area contributed by atoms with E-state index >= 15 is 0 Å². The standard InChI is InChI=1S/C16H23NO2/c1-12-8-9-14(16(18)19)10-15(12)17-11-13-6-4-2-3-5-7-13/h8-10,13,17H,2-7,11H2,1H3,(H,18,19). The van der Waals surface area contributed by atoms with Crippen molar-refractivity contribution in [1.82, 2.24) is 0 Å². The Kier molecular flexibility index (Phi) is 4.83. The van der Waals surface area contributed by atoms with Gasteiger partial charge in [-0.15, -0.1) is 0 Å². The Morgan fingerprint density at radius 1 is 1.26 bits per heavy atom. The Morgan fingerprint density at radius 2 is 1.95 bits per heavy atom. The van der Waals surface area contributed by atoms with Gasteiger partial charge in [-0.05, 0) is 43.4 Å². The predicted molar refractivity (Wildman–Crippen MR) is 77.8 cm³/mol. The van der Waals surface area contributed by atoms with Crippen molar-refractivity contribution in [1.29, 1.82) is 0 Å². The minimum Gasteiger partial charge on any atom is -0.478 e. The summed E-state index contributed by atoms with van der Waals surface area (Å²) in [5, 5.41) is 12.5. The molecule has 1 aliphatic carbocycles. The third-order valence-electron chi connectivity index (χ3n) is 4.04. The van der Waals surface area contributed by atoms with Gasteiger partial charge < -0.3 is 10.4 Å². The lowest BCUT2D eigenvalue weighted by molar-refractivity contribution is 0.0697. The van der Waals surface area contributed by atoms with E-state index in [-0.39, 0.29) is 0 Å². The van der Waals surface area contributed by atoms with Crippen molar-refractivity contribution in [2.75, 3.05) is 11.9 Å². The first-order chi connectivity index (χ1) is 9.16. The van der Waals surface area contributed by atoms with Crippen molar-refractivity contribution in [3.05, 3.63) is 29.3 Å². The molecule has 0 aromatic heterocycles. The molecule has 0 saturated heterocycles. The van der Waals surface area contributed by atoms with Crippen molar-refractivity contribution in [2.45, 2.75) is 45.4 Å². The molecule has 1 aromatic rings. The molecule has 0 aliphatic heterocycles. The molecule has 0 radical (unpaired) electrons. The van der Waals surface area contributed by atoms with Gasteiger partial charge in [0, 0.05) is 12.2 Å². The molecule has 1 aromatic carbocycles. The van der Waals surface area contributed by atoms with Gasteiger partial charge in [-0.1, -0.05) is 31.7 Å². The molecule has 0 heterocycles. The van der Waals surface area contributed by atoms with Gasteiger partial charge >= 0.3 is 5.97 Å². The molecule has 1 fully saturated rings. The molecule has 1 aliphatic rings. The van der Waals surface area contributed by atoms with Crippen molar-refractivity contribution in [3.8, 4) is 0 Å². The maximum Gasteiger partial charge on any atom is 0.335 e. The van der Waals surface area contributed by atoms with Crippen molar-refractivity contribution < 1.29 is 9.90 Å². The first kappa shape index (κ1) is 13.9. The highest BCUT2D eigenvalue weighted by atomic mass is 16.4. The third-order valence-corrected chi connectivity index (χ3v) is 4.04. The van der Waals surface area contributed by atoms with Gasteiger partial charge in [0.1, 0.15) is 0 Å². The van der Waals surface area contributed by atoms with Gasteiger partial charge in [-0.2, -0.15) is 0 Å². The van der Waals surface area contributed by atoms with Gasteiger partial charge in [-0.3, -0.25) is 0 Å². The Hall–Kier alpha value is -1.51. The Bertz CT molecular complexity index is 434. The van der Waals surface area contributed by atoms with Crippen LogP contribution in [-0.2, 0) is 0 Å². The van der Waals surface area contributed by atoms with Crippen LogP contribution in [0.25, 0.3) is 0 Å². The first-order valence-electron chi connectivity index (χ1n) is 7.24. The number of rotatable bonds is 4. The molecule has 0 atom stereocenters. The fourth-order valence-corrected chi connectivity index (χ4v) is 2.77. The third kappa shape index (κ3) is 3.98. The summed E-state index contributed by atoms with van der Waals surface area (Å²) in [5.74, 6) is -0.132. The Morgan fingerprint density at radius 3 is 2.58 bits per heavy atom. The van der Waals surface area contributed by atoms with E-state index in [0.717, 1.165) is 23.7 Å². The van der Waals surface area contributed by atoms with Crippen LogP contribution in [0.5, 0.6) is 0 Å². The van der Waals surface area contributed by atoms with E-state index in [9.17, 15) is 4.79 Å². The van der Waals surface area contributed by atoms with Gasteiger partial charge in [0.2, 0.25) is 0 Å². The van der Waals surface area contributed by atoms with E-state index in [0.29, 0.717) is 5.56 Å². The zero-order valence-corrected chi connectivity index (χ0v) is 11.6. The summed E-state index contributed by atoms with van der Waals surface area (Å²) < 4.78 is 0. The normalized spacial score (nSPS) is 16.9. The molecule has 3 heteroatoms. The molecule has 104 valence electrons. The molecule has 19 heavy (non-hydrogen) atoms. The minimum absolute atomic E-state index is 0.356. The van der Waals surface area contributed by atoms with E-state index < -0.39 is 5.97 Å².